The van der Waals surface area contributed by atoms with Gasteiger partial charge in [-0.1, -0.05) is 12.8 Å². The Hall–Kier alpha value is -0.610. The van der Waals surface area contributed by atoms with E-state index in [0.29, 0.717) is 29.8 Å². The summed E-state index contributed by atoms with van der Waals surface area (Å²) < 4.78 is 0. The SMILES string of the molecule is NCC1CCCCC1NC(=O)C1CC12CCNCC2. The van der Waals surface area contributed by atoms with Gasteiger partial charge in [0.05, 0.1) is 0 Å². The van der Waals surface area contributed by atoms with Crippen LogP contribution in [0.5, 0.6) is 0 Å². The maximum atomic E-state index is 12.4. The predicted molar refractivity (Wildman–Crippen MR) is 75.6 cm³/mol. The van der Waals surface area contributed by atoms with E-state index in [1.54, 1.807) is 0 Å². The molecule has 4 nitrogen and oxygen atoms in total. The lowest BCUT2D eigenvalue weighted by atomic mass is 9.84. The zero-order chi connectivity index (χ0) is 13.3. The van der Waals surface area contributed by atoms with Crippen LogP contribution in [-0.2, 0) is 4.79 Å². The van der Waals surface area contributed by atoms with Gasteiger partial charge in [0, 0.05) is 12.0 Å². The molecule has 0 bridgehead atoms. The molecular weight excluding hydrogens is 238 g/mol. The van der Waals surface area contributed by atoms with E-state index in [9.17, 15) is 4.79 Å². The second kappa shape index (κ2) is 5.41. The van der Waals surface area contributed by atoms with Gasteiger partial charge in [-0.15, -0.1) is 0 Å². The third-order valence-electron chi connectivity index (χ3n) is 5.65. The smallest absolute Gasteiger partial charge is 0.223 e. The Morgan fingerprint density at radius 1 is 1.26 bits per heavy atom. The molecule has 3 rings (SSSR count). The molecule has 0 aromatic carbocycles. The van der Waals surface area contributed by atoms with Gasteiger partial charge < -0.3 is 16.4 Å². The molecule has 1 amide bonds. The topological polar surface area (TPSA) is 67.1 Å². The van der Waals surface area contributed by atoms with Gasteiger partial charge in [0.1, 0.15) is 0 Å². The Labute approximate surface area is 115 Å². The molecule has 2 saturated carbocycles. The van der Waals surface area contributed by atoms with E-state index >= 15 is 0 Å². The van der Waals surface area contributed by atoms with Gasteiger partial charge >= 0.3 is 0 Å². The van der Waals surface area contributed by atoms with Crippen LogP contribution in [0, 0.1) is 17.3 Å². The molecule has 3 atom stereocenters. The lowest BCUT2D eigenvalue weighted by molar-refractivity contribution is -0.124. The number of rotatable bonds is 3. The number of nitrogens with two attached hydrogens (primary N) is 1. The summed E-state index contributed by atoms with van der Waals surface area (Å²) in [5.41, 5.74) is 6.19. The number of carbonyl (C=O) groups is 1. The van der Waals surface area contributed by atoms with E-state index in [4.69, 9.17) is 5.73 Å². The summed E-state index contributed by atoms with van der Waals surface area (Å²) in [4.78, 5) is 12.4. The zero-order valence-corrected chi connectivity index (χ0v) is 11.8. The minimum Gasteiger partial charge on any atom is -0.353 e. The summed E-state index contributed by atoms with van der Waals surface area (Å²) in [6.07, 6.45) is 8.27. The van der Waals surface area contributed by atoms with Crippen LogP contribution in [0.1, 0.15) is 44.9 Å². The summed E-state index contributed by atoms with van der Waals surface area (Å²) >= 11 is 0. The lowest BCUT2D eigenvalue weighted by Gasteiger charge is -2.32. The van der Waals surface area contributed by atoms with Crippen LogP contribution < -0.4 is 16.4 Å². The molecule has 4 heteroatoms. The lowest BCUT2D eigenvalue weighted by Crippen LogP contribution is -2.46. The second-order valence-corrected chi connectivity index (χ2v) is 6.76. The number of carbonyl (C=O) groups excluding carboxylic acids is 1. The first-order valence-corrected chi connectivity index (χ1v) is 7.96. The van der Waals surface area contributed by atoms with Crippen LogP contribution >= 0.6 is 0 Å². The Morgan fingerprint density at radius 2 is 2.00 bits per heavy atom. The Morgan fingerprint density at radius 3 is 2.74 bits per heavy atom. The van der Waals surface area contributed by atoms with Crippen molar-refractivity contribution < 1.29 is 4.79 Å². The van der Waals surface area contributed by atoms with Gasteiger partial charge in [0.2, 0.25) is 5.91 Å². The molecule has 1 aliphatic heterocycles. The van der Waals surface area contributed by atoms with Gasteiger partial charge in [0.15, 0.2) is 0 Å². The van der Waals surface area contributed by atoms with Crippen LogP contribution in [0.3, 0.4) is 0 Å². The summed E-state index contributed by atoms with van der Waals surface area (Å²) in [6, 6.07) is 0.339. The van der Waals surface area contributed by atoms with Crippen molar-refractivity contribution in [3.8, 4) is 0 Å². The van der Waals surface area contributed by atoms with Crippen LogP contribution in [-0.4, -0.2) is 31.6 Å². The van der Waals surface area contributed by atoms with E-state index in [-0.39, 0.29) is 5.92 Å². The van der Waals surface area contributed by atoms with Gasteiger partial charge in [-0.05, 0) is 63.1 Å². The van der Waals surface area contributed by atoms with Crippen molar-refractivity contribution in [2.45, 2.75) is 51.0 Å². The van der Waals surface area contributed by atoms with E-state index in [0.717, 1.165) is 25.9 Å². The van der Waals surface area contributed by atoms with E-state index in [1.165, 1.54) is 32.1 Å². The van der Waals surface area contributed by atoms with Crippen molar-refractivity contribution in [3.63, 3.8) is 0 Å². The first-order chi connectivity index (χ1) is 9.25. The molecule has 4 N–H and O–H groups in total. The highest BCUT2D eigenvalue weighted by atomic mass is 16.2. The molecule has 3 aliphatic rings. The van der Waals surface area contributed by atoms with Gasteiger partial charge in [-0.25, -0.2) is 0 Å². The second-order valence-electron chi connectivity index (χ2n) is 6.76. The van der Waals surface area contributed by atoms with E-state index in [2.05, 4.69) is 10.6 Å². The molecule has 0 radical (unpaired) electrons. The largest absolute Gasteiger partial charge is 0.353 e. The first-order valence-electron chi connectivity index (χ1n) is 7.96. The zero-order valence-electron chi connectivity index (χ0n) is 11.8. The molecule has 1 saturated heterocycles. The third-order valence-corrected chi connectivity index (χ3v) is 5.65. The molecule has 2 aliphatic carbocycles. The number of hydrogen-bond donors (Lipinski definition) is 3. The third kappa shape index (κ3) is 2.65. The Balaban J connectivity index is 1.54. The molecular formula is C15H27N3O. The molecule has 1 heterocycles. The van der Waals surface area contributed by atoms with Crippen molar-refractivity contribution in [2.75, 3.05) is 19.6 Å². The standard InChI is InChI=1S/C15H27N3O/c16-10-11-3-1-2-4-13(11)18-14(19)12-9-15(12)5-7-17-8-6-15/h11-13,17H,1-10,16H2,(H,18,19). The monoisotopic (exact) mass is 265 g/mol. The van der Waals surface area contributed by atoms with Crippen molar-refractivity contribution in [1.29, 1.82) is 0 Å². The molecule has 19 heavy (non-hydrogen) atoms. The normalized spacial score (nSPS) is 37.0. The number of piperidine rings is 1. The fourth-order valence-corrected chi connectivity index (χ4v) is 4.16. The maximum Gasteiger partial charge on any atom is 0.223 e. The molecule has 0 aromatic rings. The molecule has 3 unspecified atom stereocenters. The van der Waals surface area contributed by atoms with Crippen molar-refractivity contribution in [1.82, 2.24) is 10.6 Å². The fourth-order valence-electron chi connectivity index (χ4n) is 4.16. The molecule has 0 aromatic heterocycles. The highest BCUT2D eigenvalue weighted by molar-refractivity contribution is 5.83. The maximum absolute atomic E-state index is 12.4. The number of amides is 1. The minimum atomic E-state index is 0.287. The quantitative estimate of drug-likeness (QED) is 0.713. The summed E-state index contributed by atoms with van der Waals surface area (Å²) in [6.45, 7) is 2.88. The predicted octanol–water partition coefficient (Wildman–Crippen LogP) is 1.01. The van der Waals surface area contributed by atoms with Gasteiger partial charge in [0.25, 0.3) is 0 Å². The summed E-state index contributed by atoms with van der Waals surface area (Å²) in [5, 5.41) is 6.70. The average molecular weight is 265 g/mol. The number of nitrogens with one attached hydrogen (secondary N) is 2. The van der Waals surface area contributed by atoms with Gasteiger partial charge in [-0.3, -0.25) is 4.79 Å². The minimum absolute atomic E-state index is 0.287. The van der Waals surface area contributed by atoms with Crippen LogP contribution in [0.4, 0.5) is 0 Å². The van der Waals surface area contributed by atoms with E-state index in [1.807, 2.05) is 0 Å². The molecule has 1 spiro atoms. The Kier molecular flexibility index (Phi) is 3.81. The Bertz CT molecular complexity index is 338. The summed E-state index contributed by atoms with van der Waals surface area (Å²) in [7, 11) is 0. The fraction of sp³-hybridized carbons (Fsp3) is 0.933. The van der Waals surface area contributed by atoms with Crippen LogP contribution in [0.2, 0.25) is 0 Å². The van der Waals surface area contributed by atoms with Crippen LogP contribution in [0.15, 0.2) is 0 Å². The first kappa shape index (κ1) is 13.4. The number of hydrogen-bond acceptors (Lipinski definition) is 3. The molecule has 3 fully saturated rings. The van der Waals surface area contributed by atoms with Crippen LogP contribution in [0.25, 0.3) is 0 Å². The highest BCUT2D eigenvalue weighted by Gasteiger charge is 2.57. The van der Waals surface area contributed by atoms with Crippen molar-refractivity contribution in [3.05, 3.63) is 0 Å². The molecule has 108 valence electrons. The van der Waals surface area contributed by atoms with Gasteiger partial charge in [-0.2, -0.15) is 0 Å². The summed E-state index contributed by atoms with van der Waals surface area (Å²) in [5.74, 6) is 1.10. The van der Waals surface area contributed by atoms with Crippen molar-refractivity contribution in [2.24, 2.45) is 23.0 Å². The highest BCUT2D eigenvalue weighted by Crippen LogP contribution is 2.58. The van der Waals surface area contributed by atoms with Crippen molar-refractivity contribution >= 4 is 5.91 Å². The van der Waals surface area contributed by atoms with E-state index < -0.39 is 0 Å². The average Bonchev–Trinajstić information content (AvgIpc) is 3.14.